The van der Waals surface area contributed by atoms with E-state index in [0.29, 0.717) is 24.6 Å². The maximum atomic E-state index is 10.4. The van der Waals surface area contributed by atoms with E-state index in [1.165, 1.54) is 5.39 Å². The Labute approximate surface area is 148 Å². The SMILES string of the molecule is COc1ccc(CNCC(O)c2ccc3ccccc3c2)cc1OC. The minimum Gasteiger partial charge on any atom is -0.493 e. The lowest BCUT2D eigenvalue weighted by atomic mass is 10.0. The van der Waals surface area contributed by atoms with Gasteiger partial charge in [0.1, 0.15) is 0 Å². The predicted octanol–water partition coefficient (Wildman–Crippen LogP) is 3.68. The van der Waals surface area contributed by atoms with Crippen molar-refractivity contribution in [2.75, 3.05) is 20.8 Å². The third-order valence-electron chi connectivity index (χ3n) is 4.27. The second-order valence-corrected chi connectivity index (χ2v) is 5.94. The van der Waals surface area contributed by atoms with E-state index in [0.717, 1.165) is 16.5 Å². The number of benzene rings is 3. The number of fused-ring (bicyclic) bond motifs is 1. The van der Waals surface area contributed by atoms with Gasteiger partial charge in [-0.2, -0.15) is 0 Å². The van der Waals surface area contributed by atoms with Gasteiger partial charge < -0.3 is 19.9 Å². The van der Waals surface area contributed by atoms with Crippen LogP contribution in [0.4, 0.5) is 0 Å². The monoisotopic (exact) mass is 337 g/mol. The fourth-order valence-electron chi connectivity index (χ4n) is 2.88. The lowest BCUT2D eigenvalue weighted by Crippen LogP contribution is -2.21. The molecule has 0 radical (unpaired) electrons. The van der Waals surface area contributed by atoms with Crippen molar-refractivity contribution >= 4 is 10.8 Å². The molecule has 0 heterocycles. The van der Waals surface area contributed by atoms with Gasteiger partial charge >= 0.3 is 0 Å². The summed E-state index contributed by atoms with van der Waals surface area (Å²) >= 11 is 0. The van der Waals surface area contributed by atoms with Crippen molar-refractivity contribution in [3.05, 3.63) is 71.8 Å². The van der Waals surface area contributed by atoms with Crippen LogP contribution in [-0.2, 0) is 6.54 Å². The first-order chi connectivity index (χ1) is 12.2. The molecular weight excluding hydrogens is 314 g/mol. The topological polar surface area (TPSA) is 50.7 Å². The van der Waals surface area contributed by atoms with Gasteiger partial charge in [0.15, 0.2) is 11.5 Å². The Hall–Kier alpha value is -2.56. The average molecular weight is 337 g/mol. The van der Waals surface area contributed by atoms with Crippen LogP contribution in [0.3, 0.4) is 0 Å². The molecule has 1 unspecified atom stereocenters. The lowest BCUT2D eigenvalue weighted by molar-refractivity contribution is 0.174. The molecule has 3 aromatic carbocycles. The third-order valence-corrected chi connectivity index (χ3v) is 4.27. The van der Waals surface area contributed by atoms with Crippen LogP contribution in [0, 0.1) is 0 Å². The van der Waals surface area contributed by atoms with Gasteiger partial charge in [0, 0.05) is 13.1 Å². The van der Waals surface area contributed by atoms with E-state index in [1.807, 2.05) is 48.5 Å². The van der Waals surface area contributed by atoms with Crippen LogP contribution in [0.2, 0.25) is 0 Å². The van der Waals surface area contributed by atoms with E-state index in [1.54, 1.807) is 14.2 Å². The zero-order valence-corrected chi connectivity index (χ0v) is 14.5. The van der Waals surface area contributed by atoms with Crippen LogP contribution < -0.4 is 14.8 Å². The molecule has 0 bridgehead atoms. The zero-order valence-electron chi connectivity index (χ0n) is 14.5. The number of hydrogen-bond donors (Lipinski definition) is 2. The predicted molar refractivity (Wildman–Crippen MR) is 100 cm³/mol. The summed E-state index contributed by atoms with van der Waals surface area (Å²) in [4.78, 5) is 0. The minimum absolute atomic E-state index is 0.479. The summed E-state index contributed by atoms with van der Waals surface area (Å²) in [5.41, 5.74) is 1.99. The van der Waals surface area contributed by atoms with E-state index in [-0.39, 0.29) is 0 Å². The molecule has 0 saturated carbocycles. The van der Waals surface area contributed by atoms with Crippen LogP contribution in [-0.4, -0.2) is 25.9 Å². The Kier molecular flexibility index (Phi) is 5.53. The summed E-state index contributed by atoms with van der Waals surface area (Å²) in [5, 5.41) is 16.0. The lowest BCUT2D eigenvalue weighted by Gasteiger charge is -2.14. The quantitative estimate of drug-likeness (QED) is 0.690. The number of aliphatic hydroxyl groups excluding tert-OH is 1. The Balaban J connectivity index is 1.61. The molecule has 130 valence electrons. The molecule has 1 atom stereocenters. The van der Waals surface area contributed by atoms with Gasteiger partial charge in [-0.3, -0.25) is 0 Å². The number of rotatable bonds is 7. The average Bonchev–Trinajstić information content (AvgIpc) is 2.67. The molecule has 0 amide bonds. The van der Waals surface area contributed by atoms with Crippen molar-refractivity contribution in [1.82, 2.24) is 5.32 Å². The van der Waals surface area contributed by atoms with Gasteiger partial charge in [-0.1, -0.05) is 42.5 Å². The molecule has 25 heavy (non-hydrogen) atoms. The molecule has 3 rings (SSSR count). The van der Waals surface area contributed by atoms with Crippen LogP contribution in [0.1, 0.15) is 17.2 Å². The van der Waals surface area contributed by atoms with Crippen LogP contribution in [0.15, 0.2) is 60.7 Å². The number of hydrogen-bond acceptors (Lipinski definition) is 4. The molecule has 3 aromatic rings. The molecule has 2 N–H and O–H groups in total. The molecule has 4 nitrogen and oxygen atoms in total. The summed E-state index contributed by atoms with van der Waals surface area (Å²) in [5.74, 6) is 1.42. The number of nitrogens with one attached hydrogen (secondary N) is 1. The van der Waals surface area contributed by atoms with Crippen LogP contribution >= 0.6 is 0 Å². The Bertz CT molecular complexity index is 847. The van der Waals surface area contributed by atoms with E-state index in [9.17, 15) is 5.11 Å². The molecule has 0 spiro atoms. The van der Waals surface area contributed by atoms with Gasteiger partial charge in [-0.15, -0.1) is 0 Å². The van der Waals surface area contributed by atoms with Gasteiger partial charge in [0.25, 0.3) is 0 Å². The molecule has 4 heteroatoms. The van der Waals surface area contributed by atoms with Crippen molar-refractivity contribution in [3.63, 3.8) is 0 Å². The summed E-state index contributed by atoms with van der Waals surface area (Å²) in [6.07, 6.45) is -0.551. The standard InChI is InChI=1S/C21H23NO3/c1-24-20-10-7-15(11-21(20)25-2)13-22-14-19(23)18-9-8-16-5-3-4-6-17(16)12-18/h3-12,19,22-23H,13-14H2,1-2H3. The maximum absolute atomic E-state index is 10.4. The molecule has 0 aliphatic heterocycles. The van der Waals surface area contributed by atoms with Crippen molar-refractivity contribution in [1.29, 1.82) is 0 Å². The van der Waals surface area contributed by atoms with Crippen molar-refractivity contribution in [2.45, 2.75) is 12.6 Å². The first-order valence-electron chi connectivity index (χ1n) is 8.29. The summed E-state index contributed by atoms with van der Waals surface area (Å²) in [6, 6.07) is 20.0. The number of ether oxygens (including phenoxy) is 2. The van der Waals surface area contributed by atoms with Crippen molar-refractivity contribution in [3.8, 4) is 11.5 Å². The van der Waals surface area contributed by atoms with Gasteiger partial charge in [0.2, 0.25) is 0 Å². The highest BCUT2D eigenvalue weighted by atomic mass is 16.5. The van der Waals surface area contributed by atoms with E-state index < -0.39 is 6.10 Å². The summed E-state index contributed by atoms with van der Waals surface area (Å²) < 4.78 is 10.6. The molecule has 0 fully saturated rings. The zero-order chi connectivity index (χ0) is 17.6. The van der Waals surface area contributed by atoms with Gasteiger partial charge in [0.05, 0.1) is 20.3 Å². The normalized spacial score (nSPS) is 12.1. The fourth-order valence-corrected chi connectivity index (χ4v) is 2.88. The maximum Gasteiger partial charge on any atom is 0.161 e. The van der Waals surface area contributed by atoms with Crippen LogP contribution in [0.5, 0.6) is 11.5 Å². The largest absolute Gasteiger partial charge is 0.493 e. The van der Waals surface area contributed by atoms with E-state index >= 15 is 0 Å². The highest BCUT2D eigenvalue weighted by molar-refractivity contribution is 5.83. The first kappa shape index (κ1) is 17.3. The fraction of sp³-hybridized carbons (Fsp3) is 0.238. The molecule has 0 aliphatic rings. The van der Waals surface area contributed by atoms with Crippen LogP contribution in [0.25, 0.3) is 10.8 Å². The van der Waals surface area contributed by atoms with Gasteiger partial charge in [-0.05, 0) is 40.1 Å². The summed E-state index contributed by atoms with van der Waals surface area (Å²) in [6.45, 7) is 1.12. The minimum atomic E-state index is -0.551. The van der Waals surface area contributed by atoms with E-state index in [4.69, 9.17) is 9.47 Å². The Morgan fingerprint density at radius 3 is 2.40 bits per heavy atom. The van der Waals surface area contributed by atoms with Gasteiger partial charge in [-0.25, -0.2) is 0 Å². The second kappa shape index (κ2) is 8.01. The van der Waals surface area contributed by atoms with Crippen molar-refractivity contribution < 1.29 is 14.6 Å². The number of methoxy groups -OCH3 is 2. The first-order valence-corrected chi connectivity index (χ1v) is 8.29. The van der Waals surface area contributed by atoms with Crippen molar-refractivity contribution in [2.24, 2.45) is 0 Å². The smallest absolute Gasteiger partial charge is 0.161 e. The second-order valence-electron chi connectivity index (χ2n) is 5.94. The highest BCUT2D eigenvalue weighted by Crippen LogP contribution is 2.27. The Morgan fingerprint density at radius 1 is 0.880 bits per heavy atom. The number of aliphatic hydroxyl groups is 1. The Morgan fingerprint density at radius 2 is 1.64 bits per heavy atom. The highest BCUT2D eigenvalue weighted by Gasteiger charge is 2.09. The van der Waals surface area contributed by atoms with E-state index in [2.05, 4.69) is 17.4 Å². The third kappa shape index (κ3) is 4.10. The molecule has 0 aromatic heterocycles. The molecular formula is C21H23NO3. The molecule has 0 saturated heterocycles. The molecule has 0 aliphatic carbocycles. The summed E-state index contributed by atoms with van der Waals surface area (Å²) in [7, 11) is 3.24.